The second-order valence-electron chi connectivity index (χ2n) is 6.26. The van der Waals surface area contributed by atoms with Gasteiger partial charge in [0, 0.05) is 36.4 Å². The number of rotatable bonds is 1. The van der Waals surface area contributed by atoms with E-state index in [9.17, 15) is 35.1 Å². The van der Waals surface area contributed by atoms with Crippen molar-refractivity contribution in [1.29, 1.82) is 10.5 Å². The summed E-state index contributed by atoms with van der Waals surface area (Å²) in [6.45, 7) is 0. The maximum atomic E-state index is 13.6. The van der Waals surface area contributed by atoms with Crippen LogP contribution in [0, 0.1) is 69.2 Å². The van der Waals surface area contributed by atoms with E-state index in [2.05, 4.69) is 35.9 Å². The summed E-state index contributed by atoms with van der Waals surface area (Å²) in [5.41, 5.74) is -3.71. The molecule has 4 rings (SSSR count). The molecule has 0 aliphatic rings. The van der Waals surface area contributed by atoms with Crippen LogP contribution in [0.1, 0.15) is 11.1 Å². The quantitative estimate of drug-likeness (QED) is 0.203. The first-order valence-corrected chi connectivity index (χ1v) is 9.99. The number of nitrogens with zero attached hydrogens (tertiary/aromatic N) is 6. The lowest BCUT2D eigenvalue weighted by Crippen LogP contribution is -2.04. The molecule has 0 saturated carbocycles. The van der Waals surface area contributed by atoms with E-state index in [-0.39, 0.29) is 11.6 Å². The average molecular weight is 587 g/mol. The van der Waals surface area contributed by atoms with Crippen molar-refractivity contribution >= 4 is 15.9 Å². The molecule has 2 heterocycles. The first kappa shape index (κ1) is 28.7. The molecule has 0 unspecified atom stereocenters. The minimum Gasteiger partial charge on any atom is -0.244 e. The zero-order valence-electron chi connectivity index (χ0n) is 17.6. The molecule has 2 aromatic carbocycles. The predicted octanol–water partition coefficient (Wildman–Crippen LogP) is 5.93. The maximum absolute atomic E-state index is 13.6. The van der Waals surface area contributed by atoms with Crippen LogP contribution in [0.5, 0.6) is 0 Å². The van der Waals surface area contributed by atoms with Crippen LogP contribution in [0.15, 0.2) is 48.0 Å². The number of halogens is 9. The van der Waals surface area contributed by atoms with Crippen molar-refractivity contribution in [2.75, 3.05) is 0 Å². The molecule has 0 radical (unpaired) electrons. The van der Waals surface area contributed by atoms with Crippen molar-refractivity contribution < 1.29 is 35.1 Å². The predicted molar refractivity (Wildman–Crippen MR) is 113 cm³/mol. The molecule has 15 heteroatoms. The monoisotopic (exact) mass is 586 g/mol. The highest BCUT2D eigenvalue weighted by Gasteiger charge is 2.26. The van der Waals surface area contributed by atoms with Gasteiger partial charge in [-0.2, -0.15) is 10.5 Å². The van der Waals surface area contributed by atoms with E-state index in [1.807, 2.05) is 0 Å². The smallest absolute Gasteiger partial charge is 0.180 e. The highest BCUT2D eigenvalue weighted by molar-refractivity contribution is 9.10. The van der Waals surface area contributed by atoms with Crippen LogP contribution < -0.4 is 0 Å². The lowest BCUT2D eigenvalue weighted by molar-refractivity contribution is 0.450. The normalized spacial score (nSPS) is 9.70. The third-order valence-electron chi connectivity index (χ3n) is 3.98. The number of hydrogen-bond acceptors (Lipinski definition) is 6. The Morgan fingerprint density at radius 1 is 0.568 bits per heavy atom. The van der Waals surface area contributed by atoms with E-state index in [0.29, 0.717) is 0 Å². The van der Waals surface area contributed by atoms with Crippen LogP contribution in [0.4, 0.5) is 35.1 Å². The molecular weight excluding hydrogens is 580 g/mol. The van der Waals surface area contributed by atoms with Gasteiger partial charge in [0.15, 0.2) is 46.5 Å². The minimum absolute atomic E-state index is 0.0471. The molecule has 2 aromatic heterocycles. The molecule has 0 bridgehead atoms. The SMILES string of the molecule is Brc1cncnc1.N#Cc1c(F)c(F)c(-c2cncnc2)c(F)c1F.N#Cc1c(F)c(F)cc(F)c1F. The van der Waals surface area contributed by atoms with E-state index in [1.54, 1.807) is 12.4 Å². The Balaban J connectivity index is 0.000000217. The average Bonchev–Trinajstić information content (AvgIpc) is 2.89. The fourth-order valence-corrected chi connectivity index (χ4v) is 2.60. The van der Waals surface area contributed by atoms with Crippen LogP contribution in [0.3, 0.4) is 0 Å². The van der Waals surface area contributed by atoms with E-state index in [4.69, 9.17) is 10.5 Å². The highest BCUT2D eigenvalue weighted by atomic mass is 79.9. The molecule has 37 heavy (non-hydrogen) atoms. The van der Waals surface area contributed by atoms with Crippen molar-refractivity contribution in [1.82, 2.24) is 19.9 Å². The second kappa shape index (κ2) is 13.0. The zero-order valence-corrected chi connectivity index (χ0v) is 19.2. The molecule has 6 nitrogen and oxygen atoms in total. The van der Waals surface area contributed by atoms with Crippen molar-refractivity contribution in [2.24, 2.45) is 0 Å². The molecule has 0 amide bonds. The van der Waals surface area contributed by atoms with Gasteiger partial charge < -0.3 is 0 Å². The highest BCUT2D eigenvalue weighted by Crippen LogP contribution is 2.31. The number of hydrogen-bond donors (Lipinski definition) is 0. The van der Waals surface area contributed by atoms with Gasteiger partial charge in [0.2, 0.25) is 0 Å². The fourth-order valence-electron chi connectivity index (χ4n) is 2.36. The number of aromatic nitrogens is 4. The van der Waals surface area contributed by atoms with Crippen LogP contribution in [-0.2, 0) is 0 Å². The van der Waals surface area contributed by atoms with Crippen molar-refractivity contribution in [3.8, 4) is 23.3 Å². The summed E-state index contributed by atoms with van der Waals surface area (Å²) in [6, 6.07) is 2.12. The minimum atomic E-state index is -1.74. The van der Waals surface area contributed by atoms with Gasteiger partial charge in [0.1, 0.15) is 35.9 Å². The van der Waals surface area contributed by atoms with Crippen LogP contribution in [-0.4, -0.2) is 19.9 Å². The van der Waals surface area contributed by atoms with Crippen molar-refractivity contribution in [3.63, 3.8) is 0 Å². The number of benzene rings is 2. The molecule has 0 saturated heterocycles. The Labute approximate surface area is 210 Å². The van der Waals surface area contributed by atoms with Crippen LogP contribution in [0.2, 0.25) is 0 Å². The van der Waals surface area contributed by atoms with Gasteiger partial charge in [-0.15, -0.1) is 0 Å². The first-order valence-electron chi connectivity index (χ1n) is 9.20. The van der Waals surface area contributed by atoms with Gasteiger partial charge in [-0.3, -0.25) is 0 Å². The third-order valence-corrected chi connectivity index (χ3v) is 4.39. The topological polar surface area (TPSA) is 99.1 Å². The summed E-state index contributed by atoms with van der Waals surface area (Å²) in [7, 11) is 0. The second-order valence-corrected chi connectivity index (χ2v) is 7.17. The summed E-state index contributed by atoms with van der Waals surface area (Å²) >= 11 is 3.19. The summed E-state index contributed by atoms with van der Waals surface area (Å²) in [5.74, 6) is -13.3. The molecular formula is C22H7BrF8N6. The van der Waals surface area contributed by atoms with Crippen molar-refractivity contribution in [2.45, 2.75) is 0 Å². The lowest BCUT2D eigenvalue weighted by atomic mass is 10.0. The molecule has 0 aliphatic carbocycles. The van der Waals surface area contributed by atoms with E-state index >= 15 is 0 Å². The molecule has 0 aliphatic heterocycles. The van der Waals surface area contributed by atoms with E-state index in [1.165, 1.54) is 6.33 Å². The molecule has 0 atom stereocenters. The lowest BCUT2D eigenvalue weighted by Gasteiger charge is -2.07. The Morgan fingerprint density at radius 2 is 0.946 bits per heavy atom. The van der Waals surface area contributed by atoms with Gasteiger partial charge in [-0.25, -0.2) is 55.1 Å². The summed E-state index contributed by atoms with van der Waals surface area (Å²) < 4.78 is 104. The summed E-state index contributed by atoms with van der Waals surface area (Å²) in [6.07, 6.45) is 7.96. The third kappa shape index (κ3) is 6.80. The maximum Gasteiger partial charge on any atom is 0.180 e. The van der Waals surface area contributed by atoms with Gasteiger partial charge in [-0.1, -0.05) is 0 Å². The van der Waals surface area contributed by atoms with Gasteiger partial charge >= 0.3 is 0 Å². The van der Waals surface area contributed by atoms with E-state index in [0.717, 1.165) is 35.3 Å². The standard InChI is InChI=1S/C11H3F4N3.C7HF4N.C4H3BrN2/c12-8-6(1-16)9(13)11(15)7(10(8)14)5-2-17-4-18-3-5;8-4-1-5(9)7(11)3(2-12)6(4)10;5-4-1-6-3-7-2-4/h2-4H;1H;1-3H. The van der Waals surface area contributed by atoms with Crippen molar-refractivity contribution in [3.05, 3.63) is 106 Å². The Hall–Kier alpha value is -4.50. The van der Waals surface area contributed by atoms with E-state index < -0.39 is 63.2 Å². The molecule has 0 spiro atoms. The van der Waals surface area contributed by atoms with Gasteiger partial charge in [0.05, 0.1) is 10.0 Å². The largest absolute Gasteiger partial charge is 0.244 e. The molecule has 4 aromatic rings. The number of nitriles is 2. The van der Waals surface area contributed by atoms with Gasteiger partial charge in [-0.05, 0) is 15.9 Å². The Morgan fingerprint density at radius 3 is 1.30 bits per heavy atom. The zero-order chi connectivity index (χ0) is 27.7. The summed E-state index contributed by atoms with van der Waals surface area (Å²) in [4.78, 5) is 14.4. The molecule has 0 fully saturated rings. The van der Waals surface area contributed by atoms with Crippen LogP contribution >= 0.6 is 15.9 Å². The molecule has 188 valence electrons. The first-order chi connectivity index (χ1) is 17.5. The fraction of sp³-hybridized carbons (Fsp3) is 0. The Kier molecular flexibility index (Phi) is 10.1. The summed E-state index contributed by atoms with van der Waals surface area (Å²) in [5, 5.41) is 16.5. The Bertz CT molecular complexity index is 1440. The van der Waals surface area contributed by atoms with Gasteiger partial charge in [0.25, 0.3) is 0 Å². The molecule has 0 N–H and O–H groups in total. The van der Waals surface area contributed by atoms with Crippen LogP contribution in [0.25, 0.3) is 11.1 Å².